The summed E-state index contributed by atoms with van der Waals surface area (Å²) in [6, 6.07) is 8.24. The van der Waals surface area contributed by atoms with Crippen LogP contribution in [0.1, 0.15) is 51.0 Å². The number of rotatable bonds is 8. The van der Waals surface area contributed by atoms with Crippen molar-refractivity contribution in [3.63, 3.8) is 0 Å². The average molecular weight is 488 g/mol. The predicted octanol–water partition coefficient (Wildman–Crippen LogP) is 3.21. The van der Waals surface area contributed by atoms with E-state index in [0.29, 0.717) is 25.6 Å². The molecule has 7 heteroatoms. The normalized spacial score (nSPS) is 14.8. The van der Waals surface area contributed by atoms with Crippen molar-refractivity contribution in [2.75, 3.05) is 20.2 Å². The summed E-state index contributed by atoms with van der Waals surface area (Å²) in [6.45, 7) is 3.96. The van der Waals surface area contributed by atoms with Crippen LogP contribution in [0.3, 0.4) is 0 Å². The first kappa shape index (κ1) is 23.5. The molecule has 0 heterocycles. The molecule has 0 unspecified atom stereocenters. The Labute approximate surface area is 179 Å². The molecule has 3 N–H and O–H groups in total. The highest BCUT2D eigenvalue weighted by Crippen LogP contribution is 2.17. The molecule has 0 bridgehead atoms. The Morgan fingerprint density at radius 2 is 1.85 bits per heavy atom. The summed E-state index contributed by atoms with van der Waals surface area (Å²) in [5.41, 5.74) is 1.11. The number of nitrogens with one attached hydrogen (secondary N) is 3. The standard InChI is InChI=1S/C20H32N4O2.HI/c1-3-21-20(23-15-16-9-11-18(26-2)12-10-16)22-14-13-19(25)24-17-7-5-4-6-8-17;/h9-12,17H,3-8,13-15H2,1-2H3,(H,24,25)(H2,21,22,23);1H. The van der Waals surface area contributed by atoms with Gasteiger partial charge in [0.15, 0.2) is 5.96 Å². The Balaban J connectivity index is 0.00000364. The number of amides is 1. The van der Waals surface area contributed by atoms with Crippen molar-refractivity contribution in [1.82, 2.24) is 16.0 Å². The summed E-state index contributed by atoms with van der Waals surface area (Å²) in [5, 5.41) is 9.59. The maximum Gasteiger partial charge on any atom is 0.221 e. The third-order valence-corrected chi connectivity index (χ3v) is 4.54. The van der Waals surface area contributed by atoms with Crippen LogP contribution in [0.4, 0.5) is 0 Å². The zero-order chi connectivity index (χ0) is 18.6. The second-order valence-electron chi connectivity index (χ2n) is 6.62. The third kappa shape index (κ3) is 9.30. The zero-order valence-electron chi connectivity index (χ0n) is 16.4. The molecule has 1 aliphatic rings. The first-order valence-corrected chi connectivity index (χ1v) is 9.65. The molecule has 0 spiro atoms. The number of hydrogen-bond donors (Lipinski definition) is 3. The van der Waals surface area contributed by atoms with Gasteiger partial charge in [-0.2, -0.15) is 0 Å². The molecule has 0 aliphatic heterocycles. The number of aliphatic imine (C=N–C) groups is 1. The number of methoxy groups -OCH3 is 1. The van der Waals surface area contributed by atoms with E-state index in [1.165, 1.54) is 19.3 Å². The minimum Gasteiger partial charge on any atom is -0.497 e. The van der Waals surface area contributed by atoms with Gasteiger partial charge in [0.05, 0.1) is 13.7 Å². The number of hydrogen-bond acceptors (Lipinski definition) is 3. The van der Waals surface area contributed by atoms with Crippen LogP contribution in [0.15, 0.2) is 29.3 Å². The fourth-order valence-corrected chi connectivity index (χ4v) is 3.08. The Morgan fingerprint density at radius 3 is 2.48 bits per heavy atom. The third-order valence-electron chi connectivity index (χ3n) is 4.54. The van der Waals surface area contributed by atoms with Gasteiger partial charge in [-0.1, -0.05) is 31.4 Å². The molecule has 1 aromatic carbocycles. The summed E-state index contributed by atoms with van der Waals surface area (Å²) in [7, 11) is 1.66. The fourth-order valence-electron chi connectivity index (χ4n) is 3.08. The van der Waals surface area contributed by atoms with Gasteiger partial charge in [-0.15, -0.1) is 24.0 Å². The van der Waals surface area contributed by atoms with Crippen molar-refractivity contribution in [1.29, 1.82) is 0 Å². The lowest BCUT2D eigenvalue weighted by atomic mass is 9.95. The highest BCUT2D eigenvalue weighted by atomic mass is 127. The van der Waals surface area contributed by atoms with E-state index in [-0.39, 0.29) is 29.9 Å². The van der Waals surface area contributed by atoms with Crippen LogP contribution in [-0.4, -0.2) is 38.1 Å². The molecule has 1 aliphatic carbocycles. The number of carbonyl (C=O) groups is 1. The van der Waals surface area contributed by atoms with E-state index in [9.17, 15) is 4.79 Å². The number of ether oxygens (including phenoxy) is 1. The first-order valence-electron chi connectivity index (χ1n) is 9.65. The van der Waals surface area contributed by atoms with E-state index in [4.69, 9.17) is 4.74 Å². The van der Waals surface area contributed by atoms with Gasteiger partial charge in [0.1, 0.15) is 5.75 Å². The van der Waals surface area contributed by atoms with Crippen molar-refractivity contribution >= 4 is 35.8 Å². The number of nitrogens with zero attached hydrogens (tertiary/aromatic N) is 1. The van der Waals surface area contributed by atoms with E-state index in [1.54, 1.807) is 7.11 Å². The molecule has 1 amide bonds. The largest absolute Gasteiger partial charge is 0.497 e. The van der Waals surface area contributed by atoms with Gasteiger partial charge >= 0.3 is 0 Å². The summed E-state index contributed by atoms with van der Waals surface area (Å²) in [6.07, 6.45) is 6.45. The van der Waals surface area contributed by atoms with Gasteiger partial charge in [-0.05, 0) is 37.5 Å². The molecule has 0 atom stereocenters. The van der Waals surface area contributed by atoms with E-state index in [2.05, 4.69) is 20.9 Å². The Morgan fingerprint density at radius 1 is 1.15 bits per heavy atom. The van der Waals surface area contributed by atoms with Crippen molar-refractivity contribution in [2.24, 2.45) is 4.99 Å². The van der Waals surface area contributed by atoms with Crippen molar-refractivity contribution in [3.05, 3.63) is 29.8 Å². The van der Waals surface area contributed by atoms with Crippen LogP contribution in [-0.2, 0) is 11.3 Å². The minimum absolute atomic E-state index is 0. The smallest absolute Gasteiger partial charge is 0.221 e. The molecule has 1 fully saturated rings. The van der Waals surface area contributed by atoms with E-state index >= 15 is 0 Å². The summed E-state index contributed by atoms with van der Waals surface area (Å²) in [4.78, 5) is 16.6. The maximum absolute atomic E-state index is 12.1. The number of halogens is 1. The number of guanidine groups is 1. The topological polar surface area (TPSA) is 74.8 Å². The second kappa shape index (κ2) is 13.6. The van der Waals surface area contributed by atoms with Gasteiger partial charge in [0.25, 0.3) is 0 Å². The van der Waals surface area contributed by atoms with Crippen LogP contribution in [0.5, 0.6) is 5.75 Å². The lowest BCUT2D eigenvalue weighted by Gasteiger charge is -2.22. The molecule has 0 aromatic heterocycles. The van der Waals surface area contributed by atoms with Crippen molar-refractivity contribution in [2.45, 2.75) is 58.0 Å². The van der Waals surface area contributed by atoms with Gasteiger partial charge in [-0.25, -0.2) is 4.99 Å². The van der Waals surface area contributed by atoms with E-state index in [0.717, 1.165) is 36.7 Å². The van der Waals surface area contributed by atoms with Crippen LogP contribution in [0.2, 0.25) is 0 Å². The molecule has 152 valence electrons. The zero-order valence-corrected chi connectivity index (χ0v) is 18.8. The number of carbonyl (C=O) groups excluding carboxylic acids is 1. The molecule has 1 saturated carbocycles. The summed E-state index contributed by atoms with van der Waals surface area (Å²) >= 11 is 0. The van der Waals surface area contributed by atoms with Crippen molar-refractivity contribution in [3.8, 4) is 5.75 Å². The molecule has 6 nitrogen and oxygen atoms in total. The molecule has 1 aromatic rings. The van der Waals surface area contributed by atoms with Gasteiger partial charge in [0, 0.05) is 25.6 Å². The highest BCUT2D eigenvalue weighted by molar-refractivity contribution is 14.0. The van der Waals surface area contributed by atoms with Crippen LogP contribution >= 0.6 is 24.0 Å². The van der Waals surface area contributed by atoms with Crippen LogP contribution in [0, 0.1) is 0 Å². The van der Waals surface area contributed by atoms with E-state index < -0.39 is 0 Å². The SMILES string of the molecule is CCNC(=NCc1ccc(OC)cc1)NCCC(=O)NC1CCCCC1.I. The molecule has 0 radical (unpaired) electrons. The highest BCUT2D eigenvalue weighted by Gasteiger charge is 2.15. The summed E-state index contributed by atoms with van der Waals surface area (Å²) in [5.74, 6) is 1.69. The first-order chi connectivity index (χ1) is 12.7. The van der Waals surface area contributed by atoms with E-state index in [1.807, 2.05) is 31.2 Å². The molecule has 2 rings (SSSR count). The Bertz CT molecular complexity index is 572. The number of benzene rings is 1. The van der Waals surface area contributed by atoms with Gasteiger partial charge in [-0.3, -0.25) is 4.79 Å². The maximum atomic E-state index is 12.1. The van der Waals surface area contributed by atoms with Gasteiger partial charge in [0.2, 0.25) is 5.91 Å². The van der Waals surface area contributed by atoms with Gasteiger partial charge < -0.3 is 20.7 Å². The average Bonchev–Trinajstić information content (AvgIpc) is 2.67. The lowest BCUT2D eigenvalue weighted by Crippen LogP contribution is -2.41. The quantitative estimate of drug-likeness (QED) is 0.299. The molecular weight excluding hydrogens is 455 g/mol. The second-order valence-corrected chi connectivity index (χ2v) is 6.62. The molecular formula is C20H33IN4O2. The monoisotopic (exact) mass is 488 g/mol. The molecule has 27 heavy (non-hydrogen) atoms. The Kier molecular flexibility index (Phi) is 11.9. The summed E-state index contributed by atoms with van der Waals surface area (Å²) < 4.78 is 5.16. The van der Waals surface area contributed by atoms with Crippen molar-refractivity contribution < 1.29 is 9.53 Å². The minimum atomic E-state index is 0. The predicted molar refractivity (Wildman–Crippen MR) is 121 cm³/mol. The fraction of sp³-hybridized carbons (Fsp3) is 0.600. The Hall–Kier alpha value is -1.51. The lowest BCUT2D eigenvalue weighted by molar-refractivity contribution is -0.121. The van der Waals surface area contributed by atoms with Crippen LogP contribution in [0.25, 0.3) is 0 Å². The molecule has 0 saturated heterocycles. The van der Waals surface area contributed by atoms with Crippen LogP contribution < -0.4 is 20.7 Å².